The van der Waals surface area contributed by atoms with Crippen molar-refractivity contribution >= 4 is 0 Å². The van der Waals surface area contributed by atoms with Gasteiger partial charge in [-0.25, -0.2) is 15.0 Å². The number of hydrogen-bond acceptors (Lipinski definition) is 4. The molecule has 0 radical (unpaired) electrons. The maximum atomic E-state index is 5.22. The minimum atomic E-state index is 0.599. The molecule has 9 aromatic rings. The SMILES string of the molecule is c1ccc(-c2ccc(-c3nc(-c4ccc(-c5ccccc5)cc4)nc(-c4cccc(-c5cccnc5)c4-c4ccc(-c5ccccc5)cc4)n3)cc2)cc1. The Hall–Kier alpha value is -7.30. The third kappa shape index (κ3) is 6.72. The molecule has 4 heteroatoms. The molecule has 0 spiro atoms. The highest BCUT2D eigenvalue weighted by Crippen LogP contribution is 2.40. The lowest BCUT2D eigenvalue weighted by Crippen LogP contribution is -2.02. The van der Waals surface area contributed by atoms with Crippen LogP contribution in [0.5, 0.6) is 0 Å². The van der Waals surface area contributed by atoms with E-state index in [2.05, 4.69) is 175 Å². The first kappa shape index (κ1) is 32.6. The molecule has 9 rings (SSSR count). The van der Waals surface area contributed by atoms with Gasteiger partial charge < -0.3 is 0 Å². The number of hydrogen-bond donors (Lipinski definition) is 0. The van der Waals surface area contributed by atoms with Crippen LogP contribution in [0.25, 0.3) is 89.8 Å². The maximum absolute atomic E-state index is 5.22. The van der Waals surface area contributed by atoms with Gasteiger partial charge in [0.25, 0.3) is 0 Å². The van der Waals surface area contributed by atoms with Crippen molar-refractivity contribution in [3.63, 3.8) is 0 Å². The molecule has 0 bridgehead atoms. The molecule has 0 aliphatic carbocycles. The smallest absolute Gasteiger partial charge is 0.164 e. The van der Waals surface area contributed by atoms with Crippen LogP contribution in [-0.2, 0) is 0 Å². The zero-order chi connectivity index (χ0) is 36.1. The van der Waals surface area contributed by atoms with Gasteiger partial charge in [-0.1, -0.05) is 188 Å². The van der Waals surface area contributed by atoms with Gasteiger partial charge in [-0.3, -0.25) is 4.98 Å². The average Bonchev–Trinajstić information content (AvgIpc) is 3.27. The predicted molar refractivity (Wildman–Crippen MR) is 221 cm³/mol. The number of benzene rings is 7. The molecule has 2 heterocycles. The van der Waals surface area contributed by atoms with Crippen LogP contribution in [-0.4, -0.2) is 19.9 Å². The van der Waals surface area contributed by atoms with Gasteiger partial charge in [-0.2, -0.15) is 0 Å². The molecule has 0 unspecified atom stereocenters. The molecule has 254 valence electrons. The van der Waals surface area contributed by atoms with E-state index in [0.717, 1.165) is 66.8 Å². The van der Waals surface area contributed by atoms with Crippen LogP contribution in [0, 0.1) is 0 Å². The van der Waals surface area contributed by atoms with Crippen molar-refractivity contribution < 1.29 is 0 Å². The molecular formula is C50H34N4. The van der Waals surface area contributed by atoms with E-state index in [-0.39, 0.29) is 0 Å². The zero-order valence-corrected chi connectivity index (χ0v) is 29.4. The average molecular weight is 691 g/mol. The Bertz CT molecular complexity index is 2540. The normalized spacial score (nSPS) is 11.0. The number of nitrogens with zero attached hydrogens (tertiary/aromatic N) is 4. The van der Waals surface area contributed by atoms with E-state index in [1.807, 2.05) is 30.5 Å². The fourth-order valence-corrected chi connectivity index (χ4v) is 6.91. The van der Waals surface area contributed by atoms with Crippen molar-refractivity contribution in [3.8, 4) is 89.8 Å². The van der Waals surface area contributed by atoms with Crippen LogP contribution < -0.4 is 0 Å². The summed E-state index contributed by atoms with van der Waals surface area (Å²) >= 11 is 0. The molecule has 0 saturated carbocycles. The Morgan fingerprint density at radius 2 is 0.611 bits per heavy atom. The van der Waals surface area contributed by atoms with Gasteiger partial charge >= 0.3 is 0 Å². The Morgan fingerprint density at radius 1 is 0.241 bits per heavy atom. The van der Waals surface area contributed by atoms with Crippen LogP contribution >= 0.6 is 0 Å². The molecular weight excluding hydrogens is 657 g/mol. The number of pyridine rings is 1. The van der Waals surface area contributed by atoms with Gasteiger partial charge in [-0.15, -0.1) is 0 Å². The Morgan fingerprint density at radius 3 is 1.06 bits per heavy atom. The topological polar surface area (TPSA) is 51.6 Å². The second-order valence-electron chi connectivity index (χ2n) is 13.1. The molecule has 0 saturated heterocycles. The predicted octanol–water partition coefficient (Wildman–Crippen LogP) is 12.6. The fraction of sp³-hybridized carbons (Fsp3) is 0. The summed E-state index contributed by atoms with van der Waals surface area (Å²) < 4.78 is 0. The lowest BCUT2D eigenvalue weighted by molar-refractivity contribution is 1.07. The van der Waals surface area contributed by atoms with Crippen LogP contribution in [0.1, 0.15) is 0 Å². The molecule has 2 aromatic heterocycles. The Balaban J connectivity index is 1.21. The van der Waals surface area contributed by atoms with Crippen molar-refractivity contribution in [2.24, 2.45) is 0 Å². The first-order chi connectivity index (χ1) is 26.8. The van der Waals surface area contributed by atoms with E-state index >= 15 is 0 Å². The van der Waals surface area contributed by atoms with Gasteiger partial charge in [-0.05, 0) is 50.6 Å². The molecule has 0 aliphatic rings. The third-order valence-corrected chi connectivity index (χ3v) is 9.69. The molecule has 0 N–H and O–H groups in total. The van der Waals surface area contributed by atoms with Crippen molar-refractivity contribution in [1.82, 2.24) is 19.9 Å². The maximum Gasteiger partial charge on any atom is 0.164 e. The highest BCUT2D eigenvalue weighted by molar-refractivity contribution is 5.94. The minimum absolute atomic E-state index is 0.599. The van der Waals surface area contributed by atoms with E-state index in [4.69, 9.17) is 15.0 Å². The van der Waals surface area contributed by atoms with Crippen LogP contribution in [0.3, 0.4) is 0 Å². The summed E-state index contributed by atoms with van der Waals surface area (Å²) in [6.45, 7) is 0. The minimum Gasteiger partial charge on any atom is -0.264 e. The summed E-state index contributed by atoms with van der Waals surface area (Å²) in [5.41, 5.74) is 13.8. The van der Waals surface area contributed by atoms with Gasteiger partial charge in [0, 0.05) is 40.2 Å². The standard InChI is InChI=1S/C50H34N4/c1-4-12-35(13-5-1)38-21-27-41(28-22-38)47-45(44-18-11-33-51-34-44)19-10-20-46(47)50-53-48(42-29-23-39(24-30-42)36-14-6-2-7-15-36)52-49(54-50)43-31-25-40(26-32-43)37-16-8-3-9-17-37/h1-34H. The van der Waals surface area contributed by atoms with Crippen LogP contribution in [0.4, 0.5) is 0 Å². The summed E-state index contributed by atoms with van der Waals surface area (Å²) in [5, 5.41) is 0. The van der Waals surface area contributed by atoms with Crippen molar-refractivity contribution in [1.29, 1.82) is 0 Å². The molecule has 54 heavy (non-hydrogen) atoms. The van der Waals surface area contributed by atoms with E-state index in [1.165, 1.54) is 5.56 Å². The molecule has 0 atom stereocenters. The second kappa shape index (κ2) is 14.7. The molecule has 0 fully saturated rings. The van der Waals surface area contributed by atoms with Crippen LogP contribution in [0.15, 0.2) is 207 Å². The van der Waals surface area contributed by atoms with Crippen molar-refractivity contribution in [3.05, 3.63) is 207 Å². The first-order valence-electron chi connectivity index (χ1n) is 18.0. The van der Waals surface area contributed by atoms with E-state index in [0.29, 0.717) is 17.5 Å². The third-order valence-electron chi connectivity index (χ3n) is 9.69. The summed E-state index contributed by atoms with van der Waals surface area (Å²) in [5.74, 6) is 1.82. The van der Waals surface area contributed by atoms with Gasteiger partial charge in [0.05, 0.1) is 0 Å². The number of aromatic nitrogens is 4. The number of rotatable bonds is 8. The first-order valence-corrected chi connectivity index (χ1v) is 18.0. The lowest BCUT2D eigenvalue weighted by atomic mass is 9.89. The monoisotopic (exact) mass is 690 g/mol. The molecule has 4 nitrogen and oxygen atoms in total. The van der Waals surface area contributed by atoms with E-state index in [1.54, 1.807) is 6.20 Å². The molecule has 7 aromatic carbocycles. The lowest BCUT2D eigenvalue weighted by Gasteiger charge is -2.17. The largest absolute Gasteiger partial charge is 0.264 e. The van der Waals surface area contributed by atoms with Crippen LogP contribution in [0.2, 0.25) is 0 Å². The van der Waals surface area contributed by atoms with Crippen molar-refractivity contribution in [2.45, 2.75) is 0 Å². The Labute approximate surface area is 315 Å². The fourth-order valence-electron chi connectivity index (χ4n) is 6.91. The summed E-state index contributed by atoms with van der Waals surface area (Å²) in [4.78, 5) is 20.0. The highest BCUT2D eigenvalue weighted by atomic mass is 15.0. The summed E-state index contributed by atoms with van der Waals surface area (Å²) in [6.07, 6.45) is 3.71. The molecule has 0 amide bonds. The summed E-state index contributed by atoms with van der Waals surface area (Å²) in [6, 6.07) is 67.3. The summed E-state index contributed by atoms with van der Waals surface area (Å²) in [7, 11) is 0. The zero-order valence-electron chi connectivity index (χ0n) is 29.4. The molecule has 0 aliphatic heterocycles. The quantitative estimate of drug-likeness (QED) is 0.159. The van der Waals surface area contributed by atoms with E-state index in [9.17, 15) is 0 Å². The van der Waals surface area contributed by atoms with Gasteiger partial charge in [0.2, 0.25) is 0 Å². The van der Waals surface area contributed by atoms with Gasteiger partial charge in [0.1, 0.15) is 0 Å². The highest BCUT2D eigenvalue weighted by Gasteiger charge is 2.19. The van der Waals surface area contributed by atoms with E-state index < -0.39 is 0 Å². The van der Waals surface area contributed by atoms with Gasteiger partial charge in [0.15, 0.2) is 17.5 Å². The second-order valence-corrected chi connectivity index (χ2v) is 13.1. The van der Waals surface area contributed by atoms with Crippen molar-refractivity contribution in [2.75, 3.05) is 0 Å². The Kier molecular flexibility index (Phi) is 8.90.